The maximum atomic E-state index is 12.7. The Kier molecular flexibility index (Phi) is 4.83. The van der Waals surface area contributed by atoms with E-state index in [1.807, 2.05) is 41.3 Å². The molecule has 4 heterocycles. The molecule has 0 atom stereocenters. The fraction of sp³-hybridized carbons (Fsp3) is 0.429. The Balaban J connectivity index is 1.35. The Morgan fingerprint density at radius 3 is 2.48 bits per heavy atom. The van der Waals surface area contributed by atoms with Crippen molar-refractivity contribution in [3.63, 3.8) is 0 Å². The van der Waals surface area contributed by atoms with Crippen molar-refractivity contribution < 1.29 is 4.79 Å². The van der Waals surface area contributed by atoms with Crippen LogP contribution in [-0.4, -0.2) is 56.8 Å². The summed E-state index contributed by atoms with van der Waals surface area (Å²) in [7, 11) is 0. The van der Waals surface area contributed by atoms with Crippen molar-refractivity contribution in [1.82, 2.24) is 24.7 Å². The summed E-state index contributed by atoms with van der Waals surface area (Å²) in [5.41, 5.74) is 1.49. The summed E-state index contributed by atoms with van der Waals surface area (Å²) in [5.74, 6) is 1.98. The van der Waals surface area contributed by atoms with Crippen LogP contribution in [0.3, 0.4) is 0 Å². The third-order valence-electron chi connectivity index (χ3n) is 5.95. The van der Waals surface area contributed by atoms with E-state index < -0.39 is 0 Å². The number of rotatable bonds is 3. The van der Waals surface area contributed by atoms with Crippen LogP contribution in [0.25, 0.3) is 17.0 Å². The number of piperidine rings is 1. The van der Waals surface area contributed by atoms with E-state index in [1.54, 1.807) is 4.52 Å². The van der Waals surface area contributed by atoms with Crippen LogP contribution in [0.5, 0.6) is 0 Å². The van der Waals surface area contributed by atoms with Gasteiger partial charge in [0.05, 0.1) is 5.02 Å². The smallest absolute Gasteiger partial charge is 0.225 e. The highest BCUT2D eigenvalue weighted by Crippen LogP contribution is 2.28. The van der Waals surface area contributed by atoms with Crippen LogP contribution in [-0.2, 0) is 4.79 Å². The minimum atomic E-state index is 0.140. The number of nitrogens with zero attached hydrogens (tertiary/aromatic N) is 6. The molecule has 1 aromatic carbocycles. The van der Waals surface area contributed by atoms with Crippen LogP contribution in [0, 0.1) is 5.92 Å². The van der Waals surface area contributed by atoms with E-state index in [0.717, 1.165) is 63.2 Å². The SMILES string of the molecule is O=C(C1CCN(c2ccc3nnc(-c4ccccc4Cl)n3n2)CC1)N1CCCC1. The summed E-state index contributed by atoms with van der Waals surface area (Å²) in [5, 5.41) is 13.9. The molecule has 0 spiro atoms. The van der Waals surface area contributed by atoms with Gasteiger partial charge >= 0.3 is 0 Å². The molecule has 8 heteroatoms. The van der Waals surface area contributed by atoms with Gasteiger partial charge in [-0.15, -0.1) is 15.3 Å². The fourth-order valence-electron chi connectivity index (χ4n) is 4.31. The van der Waals surface area contributed by atoms with Gasteiger partial charge in [-0.05, 0) is 49.9 Å². The van der Waals surface area contributed by atoms with E-state index >= 15 is 0 Å². The Labute approximate surface area is 174 Å². The molecule has 1 amide bonds. The number of halogens is 1. The third-order valence-corrected chi connectivity index (χ3v) is 6.28. The average Bonchev–Trinajstić information content (AvgIpc) is 3.44. The molecule has 2 fully saturated rings. The van der Waals surface area contributed by atoms with E-state index in [4.69, 9.17) is 16.7 Å². The molecule has 7 nitrogen and oxygen atoms in total. The first-order chi connectivity index (χ1) is 14.2. The van der Waals surface area contributed by atoms with Crippen molar-refractivity contribution in [1.29, 1.82) is 0 Å². The van der Waals surface area contributed by atoms with Crippen LogP contribution in [0.4, 0.5) is 5.82 Å². The summed E-state index contributed by atoms with van der Waals surface area (Å²) < 4.78 is 1.75. The summed E-state index contributed by atoms with van der Waals surface area (Å²) in [6, 6.07) is 11.5. The molecule has 29 heavy (non-hydrogen) atoms. The molecule has 2 aliphatic rings. The summed E-state index contributed by atoms with van der Waals surface area (Å²) in [6.45, 7) is 3.50. The number of fused-ring (bicyclic) bond motifs is 1. The van der Waals surface area contributed by atoms with Gasteiger partial charge < -0.3 is 9.80 Å². The van der Waals surface area contributed by atoms with Crippen LogP contribution < -0.4 is 4.90 Å². The largest absolute Gasteiger partial charge is 0.355 e. The lowest BCUT2D eigenvalue weighted by Crippen LogP contribution is -2.42. The number of anilines is 1. The van der Waals surface area contributed by atoms with Gasteiger partial charge in [-0.3, -0.25) is 4.79 Å². The molecule has 5 rings (SSSR count). The van der Waals surface area contributed by atoms with Crippen molar-refractivity contribution in [2.45, 2.75) is 25.7 Å². The highest BCUT2D eigenvalue weighted by Gasteiger charge is 2.30. The zero-order valence-electron chi connectivity index (χ0n) is 16.2. The molecular formula is C21H23ClN6O. The lowest BCUT2D eigenvalue weighted by Gasteiger charge is -2.33. The van der Waals surface area contributed by atoms with Gasteiger partial charge in [0.25, 0.3) is 0 Å². The van der Waals surface area contributed by atoms with Crippen molar-refractivity contribution >= 4 is 29.0 Å². The predicted molar refractivity (Wildman–Crippen MR) is 112 cm³/mol. The van der Waals surface area contributed by atoms with E-state index in [1.165, 1.54) is 0 Å². The molecule has 0 N–H and O–H groups in total. The molecule has 2 aromatic heterocycles. The van der Waals surface area contributed by atoms with Gasteiger partial charge in [0, 0.05) is 37.7 Å². The maximum absolute atomic E-state index is 12.7. The van der Waals surface area contributed by atoms with Crippen molar-refractivity contribution in [3.8, 4) is 11.4 Å². The van der Waals surface area contributed by atoms with E-state index in [-0.39, 0.29) is 5.92 Å². The molecule has 2 aliphatic heterocycles. The minimum Gasteiger partial charge on any atom is -0.355 e. The van der Waals surface area contributed by atoms with Gasteiger partial charge in [-0.1, -0.05) is 23.7 Å². The molecule has 2 saturated heterocycles. The second-order valence-corrected chi connectivity index (χ2v) is 8.17. The first-order valence-electron chi connectivity index (χ1n) is 10.2. The number of carbonyl (C=O) groups excluding carboxylic acids is 1. The topological polar surface area (TPSA) is 66.6 Å². The number of hydrogen-bond acceptors (Lipinski definition) is 5. The lowest BCUT2D eigenvalue weighted by atomic mass is 9.95. The minimum absolute atomic E-state index is 0.140. The first-order valence-corrected chi connectivity index (χ1v) is 10.6. The Hall–Kier alpha value is -2.67. The monoisotopic (exact) mass is 410 g/mol. The van der Waals surface area contributed by atoms with E-state index in [9.17, 15) is 4.79 Å². The molecule has 0 bridgehead atoms. The number of amides is 1. The van der Waals surface area contributed by atoms with Crippen molar-refractivity contribution in [2.75, 3.05) is 31.1 Å². The standard InChI is InChI=1S/C21H23ClN6O/c22-17-6-2-1-5-16(17)20-24-23-18-7-8-19(25-28(18)20)26-13-9-15(10-14-26)21(29)27-11-3-4-12-27/h1-2,5-8,15H,3-4,9-14H2. The van der Waals surface area contributed by atoms with Crippen LogP contribution in [0.15, 0.2) is 36.4 Å². The zero-order chi connectivity index (χ0) is 19.8. The number of hydrogen-bond donors (Lipinski definition) is 0. The van der Waals surface area contributed by atoms with Crippen LogP contribution >= 0.6 is 11.6 Å². The molecule has 150 valence electrons. The van der Waals surface area contributed by atoms with Gasteiger partial charge in [-0.2, -0.15) is 4.52 Å². The Morgan fingerprint density at radius 1 is 0.966 bits per heavy atom. The summed E-state index contributed by atoms with van der Waals surface area (Å²) in [4.78, 5) is 17.0. The Bertz CT molecular complexity index is 1040. The number of carbonyl (C=O) groups is 1. The highest BCUT2D eigenvalue weighted by atomic mass is 35.5. The van der Waals surface area contributed by atoms with Gasteiger partial charge in [0.1, 0.15) is 5.82 Å². The average molecular weight is 411 g/mol. The normalized spacial score (nSPS) is 18.0. The Morgan fingerprint density at radius 2 is 1.72 bits per heavy atom. The quantitative estimate of drug-likeness (QED) is 0.662. The second-order valence-electron chi connectivity index (χ2n) is 7.76. The van der Waals surface area contributed by atoms with Crippen molar-refractivity contribution in [2.24, 2.45) is 5.92 Å². The number of likely N-dealkylation sites (tertiary alicyclic amines) is 1. The van der Waals surface area contributed by atoms with E-state index in [0.29, 0.717) is 22.4 Å². The fourth-order valence-corrected chi connectivity index (χ4v) is 4.53. The van der Waals surface area contributed by atoms with Crippen LogP contribution in [0.2, 0.25) is 5.02 Å². The molecule has 3 aromatic rings. The van der Waals surface area contributed by atoms with Gasteiger partial charge in [0.15, 0.2) is 11.5 Å². The molecule has 0 unspecified atom stereocenters. The van der Waals surface area contributed by atoms with Gasteiger partial charge in [0.2, 0.25) is 5.91 Å². The van der Waals surface area contributed by atoms with Crippen LogP contribution in [0.1, 0.15) is 25.7 Å². The molecule has 0 aliphatic carbocycles. The second kappa shape index (κ2) is 7.63. The number of aromatic nitrogens is 4. The third kappa shape index (κ3) is 3.44. The summed E-state index contributed by atoms with van der Waals surface area (Å²) >= 11 is 6.35. The van der Waals surface area contributed by atoms with E-state index in [2.05, 4.69) is 15.1 Å². The highest BCUT2D eigenvalue weighted by molar-refractivity contribution is 6.33. The molecule has 0 saturated carbocycles. The lowest BCUT2D eigenvalue weighted by molar-refractivity contribution is -0.135. The first kappa shape index (κ1) is 18.4. The van der Waals surface area contributed by atoms with Gasteiger partial charge in [-0.25, -0.2) is 0 Å². The number of benzene rings is 1. The molecular weight excluding hydrogens is 388 g/mol. The van der Waals surface area contributed by atoms with Crippen molar-refractivity contribution in [3.05, 3.63) is 41.4 Å². The molecule has 0 radical (unpaired) electrons. The maximum Gasteiger partial charge on any atom is 0.225 e. The predicted octanol–water partition coefficient (Wildman–Crippen LogP) is 3.28. The zero-order valence-corrected chi connectivity index (χ0v) is 16.9. The summed E-state index contributed by atoms with van der Waals surface area (Å²) in [6.07, 6.45) is 4.02.